The summed E-state index contributed by atoms with van der Waals surface area (Å²) in [7, 11) is 0. The van der Waals surface area contributed by atoms with Crippen LogP contribution in [0.1, 0.15) is 54.4 Å². The minimum Gasteiger partial charge on any atom is -0.365 e. The summed E-state index contributed by atoms with van der Waals surface area (Å²) >= 11 is 0. The Morgan fingerprint density at radius 1 is 1.33 bits per heavy atom. The summed E-state index contributed by atoms with van der Waals surface area (Å²) in [5.74, 6) is 0.404. The van der Waals surface area contributed by atoms with E-state index in [2.05, 4.69) is 29.5 Å². The summed E-state index contributed by atoms with van der Waals surface area (Å²) in [5.41, 5.74) is 0. The van der Waals surface area contributed by atoms with Crippen LogP contribution in [0.4, 0.5) is 0 Å². The maximum absolute atomic E-state index is 12.2. The Balaban J connectivity index is 1.84. The van der Waals surface area contributed by atoms with Crippen molar-refractivity contribution in [1.82, 2.24) is 15.5 Å². The lowest BCUT2D eigenvalue weighted by Crippen LogP contribution is -2.59. The molecule has 4 unspecified atom stereocenters. The number of carbonyl (C=O) groups is 2. The summed E-state index contributed by atoms with van der Waals surface area (Å²) in [4.78, 5) is 35.1. The molecular formula is C21H35N5O4. The van der Waals surface area contributed by atoms with Gasteiger partial charge >= 0.3 is 0 Å². The predicted octanol–water partition coefficient (Wildman–Crippen LogP) is 1.28. The molecule has 3 aliphatic heterocycles. The highest BCUT2D eigenvalue weighted by Crippen LogP contribution is 2.38. The molecule has 0 aliphatic carbocycles. The zero-order valence-corrected chi connectivity index (χ0v) is 18.8. The maximum Gasteiger partial charge on any atom is 0.229 e. The number of nitrogens with one attached hydrogen (secondary N) is 2. The molecule has 0 aromatic rings. The lowest BCUT2D eigenvalue weighted by atomic mass is 9.93. The van der Waals surface area contributed by atoms with Gasteiger partial charge in [0.25, 0.3) is 0 Å². The molecule has 30 heavy (non-hydrogen) atoms. The third-order valence-corrected chi connectivity index (χ3v) is 6.03. The molecule has 3 heterocycles. The van der Waals surface area contributed by atoms with Crippen molar-refractivity contribution >= 4 is 24.0 Å². The van der Waals surface area contributed by atoms with E-state index in [1.165, 1.54) is 6.92 Å². The summed E-state index contributed by atoms with van der Waals surface area (Å²) in [6.45, 7) is 11.5. The van der Waals surface area contributed by atoms with Gasteiger partial charge in [0, 0.05) is 11.8 Å². The number of amides is 1. The highest BCUT2D eigenvalue weighted by atomic mass is 16.6. The van der Waals surface area contributed by atoms with Crippen molar-refractivity contribution in [1.29, 1.82) is 0 Å². The molecule has 9 heteroatoms. The van der Waals surface area contributed by atoms with E-state index in [-0.39, 0.29) is 66.8 Å². The van der Waals surface area contributed by atoms with Crippen LogP contribution in [0.5, 0.6) is 0 Å². The van der Waals surface area contributed by atoms with Gasteiger partial charge in [-0.15, -0.1) is 0 Å². The first-order valence-electron chi connectivity index (χ1n) is 11.0. The van der Waals surface area contributed by atoms with Gasteiger partial charge in [-0.05, 0) is 26.7 Å². The van der Waals surface area contributed by atoms with Crippen LogP contribution in [0.25, 0.3) is 0 Å². The molecule has 0 radical (unpaired) electrons. The van der Waals surface area contributed by atoms with E-state index >= 15 is 0 Å². The van der Waals surface area contributed by atoms with Crippen LogP contribution >= 0.6 is 0 Å². The number of hydrogen-bond donors (Lipinski definition) is 2. The Kier molecular flexibility index (Phi) is 7.13. The molecule has 0 aromatic heterocycles. The number of carbonyl (C=O) groups excluding carboxylic acids is 2. The third kappa shape index (κ3) is 4.51. The van der Waals surface area contributed by atoms with Gasteiger partial charge in [0.2, 0.25) is 5.91 Å². The van der Waals surface area contributed by atoms with E-state index in [0.29, 0.717) is 5.96 Å². The minimum absolute atomic E-state index is 0.00172. The molecule has 0 spiro atoms. The normalized spacial score (nSPS) is 35.2. The lowest BCUT2D eigenvalue weighted by Gasteiger charge is -2.37. The number of aliphatic imine (C=N–C) groups is 2. The minimum atomic E-state index is -0.380. The van der Waals surface area contributed by atoms with Crippen molar-refractivity contribution in [2.24, 2.45) is 21.8 Å². The maximum atomic E-state index is 12.2. The van der Waals surface area contributed by atoms with Gasteiger partial charge in [0.05, 0.1) is 18.5 Å². The second-order valence-corrected chi connectivity index (χ2v) is 8.69. The number of Topliss-reactive ketones (excluding diaryl/α,β-unsaturated/α-hetero) is 1. The van der Waals surface area contributed by atoms with Gasteiger partial charge in [-0.1, -0.05) is 27.7 Å². The van der Waals surface area contributed by atoms with Crippen LogP contribution in [0.3, 0.4) is 0 Å². The van der Waals surface area contributed by atoms with Crippen molar-refractivity contribution in [3.63, 3.8) is 0 Å². The fourth-order valence-corrected chi connectivity index (χ4v) is 4.36. The molecule has 7 atom stereocenters. The molecule has 1 amide bonds. The zero-order valence-electron chi connectivity index (χ0n) is 18.8. The Morgan fingerprint density at radius 2 is 2.07 bits per heavy atom. The van der Waals surface area contributed by atoms with Gasteiger partial charge in [-0.25, -0.2) is 4.99 Å². The second kappa shape index (κ2) is 9.43. The summed E-state index contributed by atoms with van der Waals surface area (Å²) < 4.78 is 12.4. The van der Waals surface area contributed by atoms with E-state index in [4.69, 9.17) is 14.5 Å². The number of guanidine groups is 1. The van der Waals surface area contributed by atoms with Gasteiger partial charge in [-0.3, -0.25) is 19.9 Å². The Hall–Kier alpha value is -2.00. The van der Waals surface area contributed by atoms with Crippen molar-refractivity contribution in [2.45, 2.75) is 91.1 Å². The average molecular weight is 422 g/mol. The Labute approximate surface area is 178 Å². The molecule has 9 nitrogen and oxygen atoms in total. The van der Waals surface area contributed by atoms with Crippen molar-refractivity contribution in [3.8, 4) is 0 Å². The predicted molar refractivity (Wildman–Crippen MR) is 114 cm³/mol. The van der Waals surface area contributed by atoms with Crippen LogP contribution in [-0.4, -0.2) is 72.2 Å². The number of ether oxygens (including phenoxy) is 2. The molecule has 0 saturated carbocycles. The van der Waals surface area contributed by atoms with Gasteiger partial charge in [-0.2, -0.15) is 0 Å². The topological polar surface area (TPSA) is 105 Å². The molecule has 1 fully saturated rings. The molecule has 0 bridgehead atoms. The van der Waals surface area contributed by atoms with Crippen molar-refractivity contribution in [3.05, 3.63) is 0 Å². The first-order chi connectivity index (χ1) is 14.3. The summed E-state index contributed by atoms with van der Waals surface area (Å²) in [5, 5.41) is 6.10. The number of hydrogen-bond acceptors (Lipinski definition) is 8. The molecule has 1 saturated heterocycles. The van der Waals surface area contributed by atoms with Gasteiger partial charge in [0.1, 0.15) is 18.8 Å². The molecule has 3 rings (SSSR count). The number of rotatable bonds is 7. The van der Waals surface area contributed by atoms with E-state index in [0.717, 1.165) is 12.8 Å². The van der Waals surface area contributed by atoms with E-state index in [9.17, 15) is 9.59 Å². The standard InChI is InChI=1S/C21H35N5O4/c1-7-14-15(8-2)30-20(17(14)29-9-12(5)27)26-10-22-16-13(6)23-21(24-18(16)26)25-19(28)11(3)4/h10-11,13-18,20H,7-9H2,1-6H3,(H2,23,24,25,28)/t13?,14?,15-,16?,17+,18?,20-/m1/s1. The van der Waals surface area contributed by atoms with Crippen LogP contribution in [0.2, 0.25) is 0 Å². The average Bonchev–Trinajstić information content (AvgIpc) is 3.26. The fourth-order valence-electron chi connectivity index (χ4n) is 4.36. The molecule has 3 aliphatic rings. The Morgan fingerprint density at radius 3 is 2.67 bits per heavy atom. The van der Waals surface area contributed by atoms with Crippen LogP contribution in [0, 0.1) is 11.8 Å². The number of fused-ring (bicyclic) bond motifs is 1. The quantitative estimate of drug-likeness (QED) is 0.642. The van der Waals surface area contributed by atoms with Crippen LogP contribution < -0.4 is 10.6 Å². The van der Waals surface area contributed by atoms with Gasteiger partial charge in [0.15, 0.2) is 24.1 Å². The third-order valence-electron chi connectivity index (χ3n) is 6.03. The fraction of sp³-hybridized carbons (Fsp3) is 0.810. The summed E-state index contributed by atoms with van der Waals surface area (Å²) in [6.07, 6.45) is 2.66. The first kappa shape index (κ1) is 22.7. The SMILES string of the molecule is CCC1[C@@H](CC)O[C@@H](N2C=NC3C(C)NC(NC(=O)C(C)C)=NC32)[C@H]1OCC(C)=O. The molecule has 2 N–H and O–H groups in total. The molecular weight excluding hydrogens is 386 g/mol. The first-order valence-corrected chi connectivity index (χ1v) is 11.0. The van der Waals surface area contributed by atoms with E-state index in [1.54, 1.807) is 6.34 Å². The lowest BCUT2D eigenvalue weighted by molar-refractivity contribution is -0.129. The highest BCUT2D eigenvalue weighted by molar-refractivity contribution is 5.98. The molecule has 168 valence electrons. The Bertz CT molecular complexity index is 710. The van der Waals surface area contributed by atoms with Gasteiger partial charge < -0.3 is 19.7 Å². The monoisotopic (exact) mass is 421 g/mol. The van der Waals surface area contributed by atoms with Crippen molar-refractivity contribution in [2.75, 3.05) is 6.61 Å². The second-order valence-electron chi connectivity index (χ2n) is 8.69. The largest absolute Gasteiger partial charge is 0.365 e. The zero-order chi connectivity index (χ0) is 22.0. The van der Waals surface area contributed by atoms with E-state index in [1.807, 2.05) is 25.7 Å². The number of nitrogens with zero attached hydrogens (tertiary/aromatic N) is 3. The number of ketones is 1. The van der Waals surface area contributed by atoms with Crippen LogP contribution in [-0.2, 0) is 19.1 Å². The highest BCUT2D eigenvalue weighted by Gasteiger charge is 2.51. The van der Waals surface area contributed by atoms with Crippen LogP contribution in [0.15, 0.2) is 9.98 Å². The molecule has 0 aromatic carbocycles. The smallest absolute Gasteiger partial charge is 0.229 e. The van der Waals surface area contributed by atoms with E-state index < -0.39 is 0 Å². The summed E-state index contributed by atoms with van der Waals surface area (Å²) in [6, 6.07) is -0.0966. The van der Waals surface area contributed by atoms with Crippen molar-refractivity contribution < 1.29 is 19.1 Å².